The highest BCUT2D eigenvalue weighted by Crippen LogP contribution is 2.21. The molecule has 0 amide bonds. The molecule has 1 rings (SSSR count). The van der Waals surface area contributed by atoms with Crippen LogP contribution in [0.4, 0.5) is 14.5 Å². The summed E-state index contributed by atoms with van der Waals surface area (Å²) in [6.07, 6.45) is 0.232. The normalized spacial score (nSPS) is 11.8. The first kappa shape index (κ1) is 9.84. The third-order valence-electron chi connectivity index (χ3n) is 1.77. The highest BCUT2D eigenvalue weighted by molar-refractivity contribution is 5.78. The molecule has 0 atom stereocenters. The second-order valence-corrected chi connectivity index (χ2v) is 2.73. The van der Waals surface area contributed by atoms with Crippen LogP contribution in [0.25, 0.3) is 0 Å². The fraction of sp³-hybridized carbons (Fsp3) is 0.300. The topological polar surface area (TPSA) is 12.4 Å². The van der Waals surface area contributed by atoms with Gasteiger partial charge in [0.2, 0.25) is 0 Å². The van der Waals surface area contributed by atoms with Gasteiger partial charge in [-0.3, -0.25) is 0 Å². The van der Waals surface area contributed by atoms with Crippen LogP contribution in [0.5, 0.6) is 0 Å². The predicted octanol–water partition coefficient (Wildman–Crippen LogP) is 3.54. The lowest BCUT2D eigenvalue weighted by Crippen LogP contribution is -1.86. The summed E-state index contributed by atoms with van der Waals surface area (Å²) < 4.78 is 25.7. The van der Waals surface area contributed by atoms with Crippen molar-refractivity contribution in [2.45, 2.75) is 20.3 Å². The fourth-order valence-corrected chi connectivity index (χ4v) is 0.927. The summed E-state index contributed by atoms with van der Waals surface area (Å²) in [6, 6.07) is 4.44. The van der Waals surface area contributed by atoms with Crippen molar-refractivity contribution in [1.29, 1.82) is 0 Å². The van der Waals surface area contributed by atoms with E-state index in [2.05, 4.69) is 4.99 Å². The molecule has 1 nitrogen and oxygen atoms in total. The van der Waals surface area contributed by atoms with Gasteiger partial charge in [0.05, 0.1) is 5.69 Å². The quantitative estimate of drug-likeness (QED) is 0.622. The summed E-state index contributed by atoms with van der Waals surface area (Å²) in [7, 11) is 0. The Hall–Kier alpha value is -1.25. The molecule has 1 aromatic rings. The van der Waals surface area contributed by atoms with Gasteiger partial charge in [-0.05, 0) is 19.1 Å². The van der Waals surface area contributed by atoms with E-state index in [1.165, 1.54) is 12.1 Å². The molecule has 0 radical (unpaired) electrons. The first-order valence-electron chi connectivity index (χ1n) is 4.13. The summed E-state index contributed by atoms with van der Waals surface area (Å²) in [5, 5.41) is 0. The van der Waals surface area contributed by atoms with Gasteiger partial charge in [-0.1, -0.05) is 13.0 Å². The van der Waals surface area contributed by atoms with Crippen molar-refractivity contribution in [3.05, 3.63) is 29.6 Å². The van der Waals surface area contributed by atoms with E-state index in [0.29, 0.717) is 11.3 Å². The summed E-state index contributed by atoms with van der Waals surface area (Å²) in [6.45, 7) is 3.24. The van der Waals surface area contributed by atoms with Crippen molar-refractivity contribution < 1.29 is 8.78 Å². The maximum atomic E-state index is 12.9. The fourth-order valence-electron chi connectivity index (χ4n) is 0.927. The maximum absolute atomic E-state index is 12.9. The summed E-state index contributed by atoms with van der Waals surface area (Å²) >= 11 is 0. The molecular formula is C10H11F2N. The lowest BCUT2D eigenvalue weighted by molar-refractivity contribution is 0.619. The van der Waals surface area contributed by atoms with Crippen molar-refractivity contribution in [3.8, 4) is 0 Å². The molecule has 0 saturated carbocycles. The van der Waals surface area contributed by atoms with Gasteiger partial charge >= 0.3 is 0 Å². The molecule has 0 heterocycles. The zero-order chi connectivity index (χ0) is 9.84. The lowest BCUT2D eigenvalue weighted by atomic mass is 10.2. The molecule has 0 aliphatic rings. The van der Waals surface area contributed by atoms with Crippen molar-refractivity contribution in [3.63, 3.8) is 0 Å². The Morgan fingerprint density at radius 2 is 2.15 bits per heavy atom. The monoisotopic (exact) mass is 183 g/mol. The highest BCUT2D eigenvalue weighted by atomic mass is 19.1. The second-order valence-electron chi connectivity index (χ2n) is 2.73. The predicted molar refractivity (Wildman–Crippen MR) is 49.6 cm³/mol. The molecular weight excluding hydrogens is 172 g/mol. The molecule has 0 bridgehead atoms. The van der Waals surface area contributed by atoms with Crippen LogP contribution in [0.2, 0.25) is 0 Å². The summed E-state index contributed by atoms with van der Waals surface area (Å²) in [4.78, 5) is 3.65. The zero-order valence-corrected chi connectivity index (χ0v) is 7.64. The standard InChI is InChI=1S/C10H11F2N/c1-3-10(12)13-9-6-4-5-8(11)7(9)2/h4-6H,3H2,1-2H3. The van der Waals surface area contributed by atoms with E-state index in [4.69, 9.17) is 0 Å². The summed E-state index contributed by atoms with van der Waals surface area (Å²) in [5.41, 5.74) is 0.741. The van der Waals surface area contributed by atoms with Gasteiger partial charge in [-0.2, -0.15) is 4.39 Å². The molecule has 1 aromatic carbocycles. The third kappa shape index (κ3) is 2.34. The summed E-state index contributed by atoms with van der Waals surface area (Å²) in [5.74, 6) is -0.834. The van der Waals surface area contributed by atoms with Crippen LogP contribution in [0.1, 0.15) is 18.9 Å². The van der Waals surface area contributed by atoms with E-state index in [1.807, 2.05) is 0 Å². The molecule has 3 heteroatoms. The number of hydrogen-bond donors (Lipinski definition) is 0. The minimum atomic E-state index is -0.478. The van der Waals surface area contributed by atoms with Crippen molar-refractivity contribution in [2.24, 2.45) is 4.99 Å². The molecule has 0 fully saturated rings. The molecule has 0 N–H and O–H groups in total. The van der Waals surface area contributed by atoms with Gasteiger partial charge in [0, 0.05) is 12.0 Å². The minimum Gasteiger partial charge on any atom is -0.224 e. The van der Waals surface area contributed by atoms with Crippen molar-refractivity contribution in [2.75, 3.05) is 0 Å². The van der Waals surface area contributed by atoms with Crippen LogP contribution in [-0.4, -0.2) is 5.97 Å². The van der Waals surface area contributed by atoms with Crippen molar-refractivity contribution in [1.82, 2.24) is 0 Å². The molecule has 13 heavy (non-hydrogen) atoms. The molecule has 0 unspecified atom stereocenters. The molecule has 0 aromatic heterocycles. The Kier molecular flexibility index (Phi) is 3.12. The molecule has 70 valence electrons. The number of rotatable bonds is 2. The van der Waals surface area contributed by atoms with Crippen LogP contribution >= 0.6 is 0 Å². The van der Waals surface area contributed by atoms with Crippen LogP contribution in [0.15, 0.2) is 23.2 Å². The minimum absolute atomic E-state index is 0.232. The van der Waals surface area contributed by atoms with Crippen molar-refractivity contribution >= 4 is 11.7 Å². The van der Waals surface area contributed by atoms with Gasteiger partial charge in [0.15, 0.2) is 5.97 Å². The van der Waals surface area contributed by atoms with E-state index < -0.39 is 5.97 Å². The van der Waals surface area contributed by atoms with Crippen LogP contribution in [-0.2, 0) is 0 Å². The number of benzene rings is 1. The third-order valence-corrected chi connectivity index (χ3v) is 1.77. The number of hydrogen-bond acceptors (Lipinski definition) is 1. The van der Waals surface area contributed by atoms with Gasteiger partial charge in [0.25, 0.3) is 0 Å². The Morgan fingerprint density at radius 3 is 2.77 bits per heavy atom. The second kappa shape index (κ2) is 4.12. The van der Waals surface area contributed by atoms with E-state index in [1.54, 1.807) is 19.9 Å². The molecule has 0 aliphatic heterocycles. The van der Waals surface area contributed by atoms with Gasteiger partial charge in [0.1, 0.15) is 5.82 Å². The molecule has 0 saturated heterocycles. The Labute approximate surface area is 76.1 Å². The largest absolute Gasteiger partial charge is 0.224 e. The highest BCUT2D eigenvalue weighted by Gasteiger charge is 2.02. The lowest BCUT2D eigenvalue weighted by Gasteiger charge is -2.00. The number of nitrogens with zero attached hydrogens (tertiary/aromatic N) is 1. The van der Waals surface area contributed by atoms with E-state index in [-0.39, 0.29) is 12.2 Å². The average molecular weight is 183 g/mol. The van der Waals surface area contributed by atoms with Crippen LogP contribution < -0.4 is 0 Å². The van der Waals surface area contributed by atoms with E-state index in [9.17, 15) is 8.78 Å². The van der Waals surface area contributed by atoms with Gasteiger partial charge in [-0.15, -0.1) is 0 Å². The zero-order valence-electron chi connectivity index (χ0n) is 7.64. The molecule has 0 spiro atoms. The Balaban J connectivity index is 3.09. The Morgan fingerprint density at radius 1 is 1.46 bits per heavy atom. The first-order valence-corrected chi connectivity index (χ1v) is 4.13. The Bertz CT molecular complexity index is 332. The maximum Gasteiger partial charge on any atom is 0.189 e. The number of aliphatic imine (C=N–C) groups is 1. The average Bonchev–Trinajstić information content (AvgIpc) is 2.13. The van der Waals surface area contributed by atoms with E-state index in [0.717, 1.165) is 0 Å². The van der Waals surface area contributed by atoms with Crippen LogP contribution in [0.3, 0.4) is 0 Å². The van der Waals surface area contributed by atoms with Gasteiger partial charge < -0.3 is 0 Å². The first-order chi connectivity index (χ1) is 6.15. The number of halogens is 2. The molecule has 0 aliphatic carbocycles. The van der Waals surface area contributed by atoms with E-state index >= 15 is 0 Å². The van der Waals surface area contributed by atoms with Gasteiger partial charge in [-0.25, -0.2) is 9.38 Å². The van der Waals surface area contributed by atoms with Crippen LogP contribution in [0, 0.1) is 12.7 Å². The smallest absolute Gasteiger partial charge is 0.189 e. The SMILES string of the molecule is CCC(F)=Nc1cccc(F)c1C.